The Bertz CT molecular complexity index is 1660. The summed E-state index contributed by atoms with van der Waals surface area (Å²) in [4.78, 5) is 4.56. The number of benzene rings is 4. The highest BCUT2D eigenvalue weighted by Gasteiger charge is 2.52. The number of hydrogen-bond donors (Lipinski definition) is 0. The zero-order chi connectivity index (χ0) is 26.6. The van der Waals surface area contributed by atoms with Gasteiger partial charge in [0.25, 0.3) is 0 Å². The van der Waals surface area contributed by atoms with Gasteiger partial charge >= 0.3 is 0 Å². The first kappa shape index (κ1) is 26.8. The predicted molar refractivity (Wildman–Crippen MR) is 164 cm³/mol. The van der Waals surface area contributed by atoms with Gasteiger partial charge in [-0.3, -0.25) is 4.98 Å². The first-order valence-corrected chi connectivity index (χ1v) is 14.1. The number of piperidine rings is 3. The highest BCUT2D eigenvalue weighted by molar-refractivity contribution is 6.02. The van der Waals surface area contributed by atoms with Crippen LogP contribution < -0.4 is 9.84 Å². The number of nitrogens with zero attached hydrogens (tertiary/aromatic N) is 2. The van der Waals surface area contributed by atoms with Gasteiger partial charge in [0, 0.05) is 35.9 Å². The lowest BCUT2D eigenvalue weighted by Gasteiger charge is -2.60. The molecule has 4 heterocycles. The van der Waals surface area contributed by atoms with E-state index in [9.17, 15) is 5.11 Å². The lowest BCUT2D eigenvalue weighted by Crippen LogP contribution is -2.68. The average Bonchev–Trinajstić information content (AvgIpc) is 3.00. The molecule has 40 heavy (non-hydrogen) atoms. The van der Waals surface area contributed by atoms with E-state index < -0.39 is 6.10 Å². The summed E-state index contributed by atoms with van der Waals surface area (Å²) in [6.07, 6.45) is 5.17. The normalized spacial score (nSPS) is 24.6. The van der Waals surface area contributed by atoms with Crippen LogP contribution in [-0.2, 0) is 6.54 Å². The van der Waals surface area contributed by atoms with Crippen molar-refractivity contribution in [2.45, 2.75) is 31.5 Å². The Hall–Kier alpha value is -3.44. The van der Waals surface area contributed by atoms with E-state index >= 15 is 0 Å². The third kappa shape index (κ3) is 4.26. The third-order valence-corrected chi connectivity index (χ3v) is 9.67. The van der Waals surface area contributed by atoms with Gasteiger partial charge in [-0.25, -0.2) is 0 Å². The van der Waals surface area contributed by atoms with E-state index in [1.807, 2.05) is 24.3 Å². The molecule has 5 heteroatoms. The van der Waals surface area contributed by atoms with Crippen molar-refractivity contribution in [3.8, 4) is 5.75 Å². The fourth-order valence-electron chi connectivity index (χ4n) is 7.69. The molecule has 1 aromatic heterocycles. The molecule has 0 spiro atoms. The molecule has 0 saturated carbocycles. The highest BCUT2D eigenvalue weighted by Crippen LogP contribution is 2.48. The molecule has 4 unspecified atom stereocenters. The van der Waals surface area contributed by atoms with Crippen LogP contribution >= 0.6 is 12.4 Å². The summed E-state index contributed by atoms with van der Waals surface area (Å²) in [5, 5.41) is 20.7. The molecule has 3 aliphatic heterocycles. The monoisotopic (exact) mass is 550 g/mol. The maximum atomic E-state index is 14.7. The zero-order valence-electron chi connectivity index (χ0n) is 22.8. The molecule has 0 N–H and O–H groups in total. The molecule has 5 atom stereocenters. The minimum Gasteiger partial charge on any atom is -0.844 e. The number of halogens is 1. The van der Waals surface area contributed by atoms with E-state index in [0.717, 1.165) is 59.2 Å². The Morgan fingerprint density at radius 3 is 2.42 bits per heavy atom. The van der Waals surface area contributed by atoms with Gasteiger partial charge in [-0.1, -0.05) is 54.6 Å². The van der Waals surface area contributed by atoms with E-state index in [-0.39, 0.29) is 18.4 Å². The second-order valence-electron chi connectivity index (χ2n) is 11.5. The van der Waals surface area contributed by atoms with Crippen molar-refractivity contribution in [1.82, 2.24) is 4.98 Å². The SMILES string of the molecule is C=CC1C[N+]2(Cc3c4ccccc4cc4ccccc34)CCC1CC2[C@H]([O-])c1ccnc2ccc(OC)cc12.Cl. The lowest BCUT2D eigenvalue weighted by atomic mass is 9.71. The Balaban J connectivity index is 0.00000289. The summed E-state index contributed by atoms with van der Waals surface area (Å²) in [5.74, 6) is 1.72. The van der Waals surface area contributed by atoms with E-state index in [0.29, 0.717) is 11.8 Å². The topological polar surface area (TPSA) is 45.2 Å². The first-order chi connectivity index (χ1) is 19.1. The summed E-state index contributed by atoms with van der Waals surface area (Å²) in [5.41, 5.74) is 3.05. The van der Waals surface area contributed by atoms with Crippen molar-refractivity contribution in [2.75, 3.05) is 20.2 Å². The van der Waals surface area contributed by atoms with E-state index in [1.165, 1.54) is 27.1 Å². The summed E-state index contributed by atoms with van der Waals surface area (Å²) in [6.45, 7) is 7.08. The summed E-state index contributed by atoms with van der Waals surface area (Å²) in [7, 11) is 1.67. The van der Waals surface area contributed by atoms with Crippen LogP contribution in [0.4, 0.5) is 0 Å². The molecule has 204 valence electrons. The number of rotatable bonds is 6. The Morgan fingerprint density at radius 2 is 1.73 bits per heavy atom. The van der Waals surface area contributed by atoms with Crippen LogP contribution in [0.2, 0.25) is 0 Å². The number of quaternary nitrogens is 1. The van der Waals surface area contributed by atoms with Crippen molar-refractivity contribution in [3.63, 3.8) is 0 Å². The fraction of sp³-hybridized carbons (Fsp3) is 0.286. The second-order valence-corrected chi connectivity index (χ2v) is 11.5. The number of pyridine rings is 1. The number of fused-ring (bicyclic) bond motifs is 6. The second kappa shape index (κ2) is 10.5. The molecule has 3 saturated heterocycles. The lowest BCUT2D eigenvalue weighted by molar-refractivity contribution is -0.990. The van der Waals surface area contributed by atoms with Crippen LogP contribution in [0.15, 0.2) is 97.7 Å². The van der Waals surface area contributed by atoms with Crippen molar-refractivity contribution < 1.29 is 14.3 Å². The molecule has 4 aromatic carbocycles. The molecule has 3 fully saturated rings. The molecular weight excluding hydrogens is 516 g/mol. The maximum absolute atomic E-state index is 14.7. The van der Waals surface area contributed by atoms with Crippen LogP contribution in [-0.4, -0.2) is 35.7 Å². The standard InChI is InChI=1S/C35H34N2O2.ClH/c1-3-23-21-37(22-32-28-10-6-4-8-25(28)18-26-9-5-7-11-29(26)32)17-15-24(23)19-34(37)35(38)30-14-16-36-33-13-12-27(39-2)20-31(30)33;/h3-14,16,18,20,23-24,34-35H,1,15,17,19,21-22H2,2H3;1H/t23?,24?,34?,35-,37?;/m1./s1. The Kier molecular flexibility index (Phi) is 7.03. The molecule has 8 rings (SSSR count). The molecular formula is C35H35ClN2O2. The molecule has 3 aliphatic rings. The Morgan fingerprint density at radius 1 is 1.00 bits per heavy atom. The minimum absolute atomic E-state index is 0. The number of ether oxygens (including phenoxy) is 1. The van der Waals surface area contributed by atoms with Crippen LogP contribution in [0.5, 0.6) is 5.75 Å². The quantitative estimate of drug-likeness (QED) is 0.130. The van der Waals surface area contributed by atoms with E-state index in [4.69, 9.17) is 4.74 Å². The molecule has 2 bridgehead atoms. The van der Waals surface area contributed by atoms with Crippen molar-refractivity contribution in [3.05, 3.63) is 109 Å². The molecule has 4 nitrogen and oxygen atoms in total. The van der Waals surface area contributed by atoms with Crippen molar-refractivity contribution >= 4 is 44.9 Å². The van der Waals surface area contributed by atoms with E-state index in [2.05, 4.69) is 72.2 Å². The van der Waals surface area contributed by atoms with E-state index in [1.54, 1.807) is 13.3 Å². The van der Waals surface area contributed by atoms with Gasteiger partial charge in [0.05, 0.1) is 31.8 Å². The van der Waals surface area contributed by atoms with Gasteiger partial charge in [-0.05, 0) is 69.5 Å². The van der Waals surface area contributed by atoms with Gasteiger partial charge in [0.15, 0.2) is 0 Å². The smallest absolute Gasteiger partial charge is 0.119 e. The largest absolute Gasteiger partial charge is 0.844 e. The maximum Gasteiger partial charge on any atom is 0.119 e. The van der Waals surface area contributed by atoms with Crippen molar-refractivity contribution in [2.24, 2.45) is 11.8 Å². The summed E-state index contributed by atoms with van der Waals surface area (Å²) in [6, 6.07) is 27.5. The molecule has 0 amide bonds. The Labute approximate surface area is 241 Å². The van der Waals surface area contributed by atoms with Gasteiger partial charge in [-0.15, -0.1) is 19.0 Å². The van der Waals surface area contributed by atoms with Crippen LogP contribution in [0.25, 0.3) is 32.4 Å². The van der Waals surface area contributed by atoms with Crippen molar-refractivity contribution in [1.29, 1.82) is 0 Å². The van der Waals surface area contributed by atoms with Gasteiger partial charge in [0.1, 0.15) is 12.3 Å². The summed E-state index contributed by atoms with van der Waals surface area (Å²) >= 11 is 0. The first-order valence-electron chi connectivity index (χ1n) is 14.1. The zero-order valence-corrected chi connectivity index (χ0v) is 23.6. The van der Waals surface area contributed by atoms with Gasteiger partial charge < -0.3 is 14.3 Å². The number of hydrogen-bond acceptors (Lipinski definition) is 3. The van der Waals surface area contributed by atoms with Crippen LogP contribution in [0.3, 0.4) is 0 Å². The summed E-state index contributed by atoms with van der Waals surface area (Å²) < 4.78 is 6.33. The van der Waals surface area contributed by atoms with Gasteiger partial charge in [-0.2, -0.15) is 0 Å². The molecule has 0 radical (unpaired) electrons. The number of aromatic nitrogens is 1. The average molecular weight is 551 g/mol. The fourth-order valence-corrected chi connectivity index (χ4v) is 7.69. The minimum atomic E-state index is -0.850. The molecule has 5 aromatic rings. The van der Waals surface area contributed by atoms with Crippen LogP contribution in [0, 0.1) is 11.8 Å². The molecule has 0 aliphatic carbocycles. The van der Waals surface area contributed by atoms with Gasteiger partial charge in [0.2, 0.25) is 0 Å². The highest BCUT2D eigenvalue weighted by atomic mass is 35.5. The predicted octanol–water partition coefficient (Wildman–Crippen LogP) is 6.98. The third-order valence-electron chi connectivity index (χ3n) is 9.67. The van der Waals surface area contributed by atoms with Crippen LogP contribution in [0.1, 0.15) is 30.1 Å². The number of methoxy groups -OCH3 is 1.